The van der Waals surface area contributed by atoms with Gasteiger partial charge in [0.2, 0.25) is 0 Å². The maximum Gasteiger partial charge on any atom is 0.0107 e. The number of nitrogens with one attached hydrogen (secondary N) is 1. The summed E-state index contributed by atoms with van der Waals surface area (Å²) >= 11 is 0. The lowest BCUT2D eigenvalue weighted by molar-refractivity contribution is 0.0959. The molecule has 1 heterocycles. The molecule has 1 aliphatic heterocycles. The third kappa shape index (κ3) is 4.46. The van der Waals surface area contributed by atoms with Crippen LogP contribution in [0.25, 0.3) is 0 Å². The molecule has 2 aliphatic rings. The number of piperidine rings is 1. The molecule has 2 rings (SSSR count). The predicted molar refractivity (Wildman–Crippen MR) is 83.5 cm³/mol. The fourth-order valence-electron chi connectivity index (χ4n) is 3.97. The van der Waals surface area contributed by atoms with E-state index in [-0.39, 0.29) is 0 Å². The third-order valence-electron chi connectivity index (χ3n) is 5.93. The molecule has 2 fully saturated rings. The molecular formula is C17H34N2. The molecule has 2 nitrogen and oxygen atoms in total. The molecule has 1 saturated carbocycles. The molecule has 1 aliphatic carbocycles. The average Bonchev–Trinajstić information content (AvgIpc) is 2.98. The van der Waals surface area contributed by atoms with Crippen LogP contribution in [0.4, 0.5) is 0 Å². The highest BCUT2D eigenvalue weighted by molar-refractivity contribution is 4.84. The van der Waals surface area contributed by atoms with Gasteiger partial charge >= 0.3 is 0 Å². The van der Waals surface area contributed by atoms with Gasteiger partial charge in [-0.05, 0) is 56.7 Å². The van der Waals surface area contributed by atoms with Crippen molar-refractivity contribution in [3.63, 3.8) is 0 Å². The average molecular weight is 266 g/mol. The second kappa shape index (κ2) is 7.64. The Hall–Kier alpha value is -0.0800. The van der Waals surface area contributed by atoms with Crippen LogP contribution in [0.5, 0.6) is 0 Å². The maximum absolute atomic E-state index is 3.68. The summed E-state index contributed by atoms with van der Waals surface area (Å²) < 4.78 is 0. The van der Waals surface area contributed by atoms with Crippen LogP contribution in [-0.2, 0) is 0 Å². The lowest BCUT2D eigenvalue weighted by Gasteiger charge is -2.41. The van der Waals surface area contributed by atoms with E-state index in [1.807, 2.05) is 0 Å². The van der Waals surface area contributed by atoms with Gasteiger partial charge in [0, 0.05) is 13.1 Å². The summed E-state index contributed by atoms with van der Waals surface area (Å²) in [5, 5.41) is 3.68. The Morgan fingerprint density at radius 2 is 1.68 bits per heavy atom. The Morgan fingerprint density at radius 1 is 1.05 bits per heavy atom. The monoisotopic (exact) mass is 266 g/mol. The number of hydrogen-bond acceptors (Lipinski definition) is 2. The SMILES string of the molecule is CCC1(CC)CCN(CCNCC2CCCC2)CC1. The van der Waals surface area contributed by atoms with Gasteiger partial charge in [0.05, 0.1) is 0 Å². The number of hydrogen-bond donors (Lipinski definition) is 1. The number of nitrogens with zero attached hydrogens (tertiary/aromatic N) is 1. The number of rotatable bonds is 7. The molecule has 0 atom stereocenters. The van der Waals surface area contributed by atoms with Crippen LogP contribution in [0, 0.1) is 11.3 Å². The summed E-state index contributed by atoms with van der Waals surface area (Å²) in [6.45, 7) is 11.1. The van der Waals surface area contributed by atoms with Crippen molar-refractivity contribution in [2.24, 2.45) is 11.3 Å². The van der Waals surface area contributed by atoms with Crippen LogP contribution in [0.15, 0.2) is 0 Å². The molecule has 0 aromatic rings. The minimum atomic E-state index is 0.674. The van der Waals surface area contributed by atoms with Crippen molar-refractivity contribution < 1.29 is 0 Å². The minimum Gasteiger partial charge on any atom is -0.315 e. The van der Waals surface area contributed by atoms with Crippen LogP contribution in [-0.4, -0.2) is 37.6 Å². The largest absolute Gasteiger partial charge is 0.315 e. The smallest absolute Gasteiger partial charge is 0.0107 e. The molecule has 0 amide bonds. The summed E-state index contributed by atoms with van der Waals surface area (Å²) in [4.78, 5) is 2.67. The van der Waals surface area contributed by atoms with Gasteiger partial charge in [-0.3, -0.25) is 0 Å². The molecule has 0 bridgehead atoms. The molecule has 0 aromatic carbocycles. The first kappa shape index (κ1) is 15.3. The Balaban J connectivity index is 1.55. The zero-order chi connectivity index (χ0) is 13.6. The highest BCUT2D eigenvalue weighted by atomic mass is 15.1. The summed E-state index contributed by atoms with van der Waals surface area (Å²) in [6.07, 6.45) is 11.4. The Labute approximate surface area is 120 Å². The first-order valence-corrected chi connectivity index (χ1v) is 8.71. The van der Waals surface area contributed by atoms with E-state index < -0.39 is 0 Å². The summed E-state index contributed by atoms with van der Waals surface area (Å²) in [6, 6.07) is 0. The Morgan fingerprint density at radius 3 is 2.26 bits per heavy atom. The van der Waals surface area contributed by atoms with E-state index in [0.29, 0.717) is 5.41 Å². The first-order chi connectivity index (χ1) is 9.28. The van der Waals surface area contributed by atoms with Gasteiger partial charge in [-0.25, -0.2) is 0 Å². The molecule has 0 aromatic heterocycles. The highest BCUT2D eigenvalue weighted by Crippen LogP contribution is 2.37. The molecule has 112 valence electrons. The van der Waals surface area contributed by atoms with Crippen LogP contribution in [0.2, 0.25) is 0 Å². The molecule has 0 unspecified atom stereocenters. The standard InChI is InChI=1S/C17H34N2/c1-3-17(4-2)9-12-19(13-10-17)14-11-18-15-16-7-5-6-8-16/h16,18H,3-15H2,1-2H3. The van der Waals surface area contributed by atoms with Gasteiger partial charge < -0.3 is 10.2 Å². The Kier molecular flexibility index (Phi) is 6.15. The van der Waals surface area contributed by atoms with Crippen molar-refractivity contribution in [1.82, 2.24) is 10.2 Å². The van der Waals surface area contributed by atoms with Crippen LogP contribution in [0.1, 0.15) is 65.2 Å². The molecule has 1 N–H and O–H groups in total. The van der Waals surface area contributed by atoms with Crippen LogP contribution < -0.4 is 5.32 Å². The van der Waals surface area contributed by atoms with E-state index >= 15 is 0 Å². The molecule has 0 spiro atoms. The topological polar surface area (TPSA) is 15.3 Å². The normalized spacial score (nSPS) is 24.9. The molecule has 0 radical (unpaired) electrons. The quantitative estimate of drug-likeness (QED) is 0.707. The lowest BCUT2D eigenvalue weighted by atomic mass is 9.74. The van der Waals surface area contributed by atoms with Crippen molar-refractivity contribution in [1.29, 1.82) is 0 Å². The molecular weight excluding hydrogens is 232 g/mol. The van der Waals surface area contributed by atoms with E-state index in [4.69, 9.17) is 0 Å². The second-order valence-corrected chi connectivity index (χ2v) is 6.90. The lowest BCUT2D eigenvalue weighted by Crippen LogP contribution is -2.42. The summed E-state index contributed by atoms with van der Waals surface area (Å²) in [5.74, 6) is 0.981. The highest BCUT2D eigenvalue weighted by Gasteiger charge is 2.30. The van der Waals surface area contributed by atoms with Crippen molar-refractivity contribution >= 4 is 0 Å². The van der Waals surface area contributed by atoms with E-state index in [9.17, 15) is 0 Å². The van der Waals surface area contributed by atoms with Gasteiger partial charge in [0.15, 0.2) is 0 Å². The van der Waals surface area contributed by atoms with Crippen LogP contribution >= 0.6 is 0 Å². The number of likely N-dealkylation sites (tertiary alicyclic amines) is 1. The van der Waals surface area contributed by atoms with Gasteiger partial charge in [-0.15, -0.1) is 0 Å². The predicted octanol–water partition coefficient (Wildman–Crippen LogP) is 3.67. The van der Waals surface area contributed by atoms with E-state index in [0.717, 1.165) is 5.92 Å². The van der Waals surface area contributed by atoms with Crippen molar-refractivity contribution in [3.05, 3.63) is 0 Å². The van der Waals surface area contributed by atoms with E-state index in [1.54, 1.807) is 0 Å². The second-order valence-electron chi connectivity index (χ2n) is 6.90. The molecule has 19 heavy (non-hydrogen) atoms. The fraction of sp³-hybridized carbons (Fsp3) is 1.00. The summed E-state index contributed by atoms with van der Waals surface area (Å²) in [5.41, 5.74) is 0.674. The zero-order valence-corrected chi connectivity index (χ0v) is 13.2. The maximum atomic E-state index is 3.68. The van der Waals surface area contributed by atoms with E-state index in [2.05, 4.69) is 24.1 Å². The Bertz CT molecular complexity index is 232. The third-order valence-corrected chi connectivity index (χ3v) is 5.93. The zero-order valence-electron chi connectivity index (χ0n) is 13.2. The van der Waals surface area contributed by atoms with Gasteiger partial charge in [-0.2, -0.15) is 0 Å². The van der Waals surface area contributed by atoms with Crippen molar-refractivity contribution in [3.8, 4) is 0 Å². The van der Waals surface area contributed by atoms with Gasteiger partial charge in [0.1, 0.15) is 0 Å². The van der Waals surface area contributed by atoms with E-state index in [1.165, 1.54) is 84.1 Å². The van der Waals surface area contributed by atoms with Crippen LogP contribution in [0.3, 0.4) is 0 Å². The molecule has 1 saturated heterocycles. The summed E-state index contributed by atoms with van der Waals surface area (Å²) in [7, 11) is 0. The minimum absolute atomic E-state index is 0.674. The van der Waals surface area contributed by atoms with Gasteiger partial charge in [-0.1, -0.05) is 39.5 Å². The van der Waals surface area contributed by atoms with Gasteiger partial charge in [0.25, 0.3) is 0 Å². The fourth-order valence-corrected chi connectivity index (χ4v) is 3.97. The molecule has 2 heteroatoms. The van der Waals surface area contributed by atoms with Crippen molar-refractivity contribution in [2.75, 3.05) is 32.7 Å². The van der Waals surface area contributed by atoms with Crippen molar-refractivity contribution in [2.45, 2.75) is 65.2 Å². The first-order valence-electron chi connectivity index (χ1n) is 8.71.